The number of nitrogens with one attached hydrogen (secondary N) is 1. The van der Waals surface area contributed by atoms with E-state index in [0.717, 1.165) is 32.1 Å². The minimum atomic E-state index is -0.442. The summed E-state index contributed by atoms with van der Waals surface area (Å²) in [6.07, 6.45) is 8.28. The Balaban J connectivity index is 1.49. The lowest BCUT2D eigenvalue weighted by molar-refractivity contribution is -0.0391. The molecule has 1 atom stereocenters. The van der Waals surface area contributed by atoms with Crippen molar-refractivity contribution in [2.75, 3.05) is 11.9 Å². The first-order valence-electron chi connectivity index (χ1n) is 11.2. The Hall–Kier alpha value is -3.20. The fraction of sp³-hybridized carbons (Fsp3) is 0.478. The lowest BCUT2D eigenvalue weighted by Gasteiger charge is -2.22. The number of pyridine rings is 2. The number of hydrogen-bond acceptors (Lipinski definition) is 6. The van der Waals surface area contributed by atoms with Crippen molar-refractivity contribution in [1.29, 1.82) is 0 Å². The number of amides is 1. The zero-order valence-corrected chi connectivity index (χ0v) is 18.3. The highest BCUT2D eigenvalue weighted by Gasteiger charge is 2.26. The third kappa shape index (κ3) is 4.12. The van der Waals surface area contributed by atoms with Gasteiger partial charge in [0.2, 0.25) is 5.88 Å². The molecule has 3 aromatic rings. The topological polar surface area (TPSA) is 100 Å². The number of rotatable bonds is 6. The van der Waals surface area contributed by atoms with E-state index in [1.165, 1.54) is 0 Å². The van der Waals surface area contributed by atoms with Crippen LogP contribution in [-0.4, -0.2) is 37.9 Å². The van der Waals surface area contributed by atoms with Crippen LogP contribution in [0.3, 0.4) is 0 Å². The highest BCUT2D eigenvalue weighted by atomic mass is 16.5. The molecule has 3 aromatic heterocycles. The molecule has 0 bridgehead atoms. The van der Waals surface area contributed by atoms with Crippen molar-refractivity contribution in [2.45, 2.75) is 64.3 Å². The fourth-order valence-corrected chi connectivity index (χ4v) is 3.95. The molecule has 2 fully saturated rings. The monoisotopic (exact) mass is 437 g/mol. The van der Waals surface area contributed by atoms with Gasteiger partial charge in [-0.3, -0.25) is 9.59 Å². The van der Waals surface area contributed by atoms with Gasteiger partial charge in [-0.2, -0.15) is 4.98 Å². The number of nitrogens with zero attached hydrogens (tertiary/aromatic N) is 4. The van der Waals surface area contributed by atoms with Crippen LogP contribution in [0.5, 0.6) is 5.88 Å². The molecule has 4 heterocycles. The average Bonchev–Trinajstić information content (AvgIpc) is 3.53. The molecule has 1 saturated carbocycles. The number of aromatic nitrogens is 4. The van der Waals surface area contributed by atoms with Crippen molar-refractivity contribution < 1.29 is 14.3 Å². The zero-order chi connectivity index (χ0) is 22.2. The summed E-state index contributed by atoms with van der Waals surface area (Å²) in [6.45, 7) is 4.44. The van der Waals surface area contributed by atoms with Crippen LogP contribution >= 0.6 is 0 Å². The predicted molar refractivity (Wildman–Crippen MR) is 119 cm³/mol. The van der Waals surface area contributed by atoms with Gasteiger partial charge >= 0.3 is 0 Å². The van der Waals surface area contributed by atoms with Gasteiger partial charge in [0, 0.05) is 30.4 Å². The second-order valence-electron chi connectivity index (χ2n) is 8.67. The van der Waals surface area contributed by atoms with Crippen molar-refractivity contribution in [3.63, 3.8) is 0 Å². The summed E-state index contributed by atoms with van der Waals surface area (Å²) < 4.78 is 15.1. The van der Waals surface area contributed by atoms with Crippen LogP contribution in [0, 0.1) is 0 Å². The number of hydrogen-bond donors (Lipinski definition) is 1. The summed E-state index contributed by atoms with van der Waals surface area (Å²) in [6, 6.07) is 5.33. The van der Waals surface area contributed by atoms with Crippen LogP contribution in [0.2, 0.25) is 0 Å². The summed E-state index contributed by atoms with van der Waals surface area (Å²) in [4.78, 5) is 30.4. The second-order valence-corrected chi connectivity index (χ2v) is 8.67. The molecule has 1 saturated heterocycles. The second kappa shape index (κ2) is 8.38. The van der Waals surface area contributed by atoms with Gasteiger partial charge in [-0.25, -0.2) is 4.68 Å². The molecule has 9 nitrogen and oxygen atoms in total. The van der Waals surface area contributed by atoms with Crippen LogP contribution in [0.4, 0.5) is 5.69 Å². The number of carbonyl (C=O) groups excluding carboxylic acids is 1. The maximum Gasteiger partial charge on any atom is 0.274 e. The molecule has 0 aromatic carbocycles. The lowest BCUT2D eigenvalue weighted by atomic mass is 10.2. The average molecular weight is 438 g/mol. The van der Waals surface area contributed by atoms with Crippen molar-refractivity contribution in [1.82, 2.24) is 19.3 Å². The molecule has 0 spiro atoms. The number of anilines is 1. The van der Waals surface area contributed by atoms with Crippen molar-refractivity contribution in [3.05, 3.63) is 46.5 Å². The van der Waals surface area contributed by atoms with Crippen LogP contribution in [-0.2, 0) is 4.74 Å². The largest absolute Gasteiger partial charge is 0.474 e. The summed E-state index contributed by atoms with van der Waals surface area (Å²) in [5.74, 6) is -0.249. The normalized spacial score (nSPS) is 18.8. The minimum Gasteiger partial charge on any atom is -0.474 e. The van der Waals surface area contributed by atoms with Crippen LogP contribution < -0.4 is 15.6 Å². The number of ether oxygens (including phenoxy) is 2. The van der Waals surface area contributed by atoms with Gasteiger partial charge in [-0.05, 0) is 64.2 Å². The smallest absolute Gasteiger partial charge is 0.274 e. The maximum absolute atomic E-state index is 13.2. The first kappa shape index (κ1) is 20.7. The summed E-state index contributed by atoms with van der Waals surface area (Å²) in [5, 5.41) is 8.02. The fourth-order valence-electron chi connectivity index (χ4n) is 3.95. The van der Waals surface area contributed by atoms with E-state index >= 15 is 0 Å². The minimum absolute atomic E-state index is 0.130. The summed E-state index contributed by atoms with van der Waals surface area (Å²) >= 11 is 0. The SMILES string of the molecule is CC(C)Oc1nc2nn(C3CCCCO3)cc2cc1C(=O)Nc1cccn(C2CC2)c1=O. The Morgan fingerprint density at radius 3 is 2.84 bits per heavy atom. The number of fused-ring (bicyclic) bond motifs is 1. The Bertz CT molecular complexity index is 1200. The third-order valence-corrected chi connectivity index (χ3v) is 5.68. The highest BCUT2D eigenvalue weighted by Crippen LogP contribution is 2.33. The summed E-state index contributed by atoms with van der Waals surface area (Å²) in [7, 11) is 0. The molecule has 168 valence electrons. The molecule has 0 radical (unpaired) electrons. The third-order valence-electron chi connectivity index (χ3n) is 5.68. The van der Waals surface area contributed by atoms with E-state index in [-0.39, 0.29) is 41.1 Å². The summed E-state index contributed by atoms with van der Waals surface area (Å²) in [5.41, 5.74) is 0.788. The van der Waals surface area contributed by atoms with Crippen molar-refractivity contribution >= 4 is 22.6 Å². The maximum atomic E-state index is 13.2. The first-order chi connectivity index (χ1) is 15.5. The molecular weight excluding hydrogens is 410 g/mol. The standard InChI is InChI=1S/C23H27N5O4/c1-14(2)32-22-17(21(29)24-18-6-5-10-27(23(18)30)16-8-9-16)12-15-13-28(26-20(15)25-22)19-7-3-4-11-31-19/h5-6,10,12-14,16,19H,3-4,7-9,11H2,1-2H3,(H,24,29). The van der Waals surface area contributed by atoms with Crippen molar-refractivity contribution in [2.24, 2.45) is 0 Å². The van der Waals surface area contributed by atoms with Gasteiger partial charge in [0.15, 0.2) is 5.65 Å². The van der Waals surface area contributed by atoms with E-state index in [0.29, 0.717) is 17.6 Å². The van der Waals surface area contributed by atoms with E-state index in [2.05, 4.69) is 15.4 Å². The highest BCUT2D eigenvalue weighted by molar-refractivity contribution is 6.07. The zero-order valence-electron chi connectivity index (χ0n) is 18.3. The van der Waals surface area contributed by atoms with Gasteiger partial charge in [0.05, 0.1) is 6.10 Å². The first-order valence-corrected chi connectivity index (χ1v) is 11.2. The van der Waals surface area contributed by atoms with Gasteiger partial charge in [0.25, 0.3) is 11.5 Å². The van der Waals surface area contributed by atoms with Crippen LogP contribution in [0.1, 0.15) is 68.6 Å². The Kier molecular flexibility index (Phi) is 5.42. The van der Waals surface area contributed by atoms with Crippen LogP contribution in [0.15, 0.2) is 35.4 Å². The number of carbonyl (C=O) groups is 1. The Labute approximate surface area is 185 Å². The molecule has 1 aliphatic carbocycles. The molecule has 1 aliphatic heterocycles. The van der Waals surface area contributed by atoms with Crippen molar-refractivity contribution in [3.8, 4) is 5.88 Å². The quantitative estimate of drug-likeness (QED) is 0.632. The van der Waals surface area contributed by atoms with E-state index < -0.39 is 5.91 Å². The van der Waals surface area contributed by atoms with E-state index in [1.54, 1.807) is 33.6 Å². The van der Waals surface area contributed by atoms with Gasteiger partial charge < -0.3 is 19.4 Å². The molecule has 32 heavy (non-hydrogen) atoms. The predicted octanol–water partition coefficient (Wildman–Crippen LogP) is 3.67. The molecular formula is C23H27N5O4. The van der Waals surface area contributed by atoms with E-state index in [9.17, 15) is 9.59 Å². The van der Waals surface area contributed by atoms with E-state index in [1.807, 2.05) is 20.0 Å². The Morgan fingerprint density at radius 2 is 2.12 bits per heavy atom. The molecule has 9 heteroatoms. The molecule has 2 aliphatic rings. The molecule has 1 N–H and O–H groups in total. The molecule has 1 unspecified atom stereocenters. The Morgan fingerprint density at radius 1 is 1.28 bits per heavy atom. The molecule has 1 amide bonds. The van der Waals surface area contributed by atoms with Crippen LogP contribution in [0.25, 0.3) is 11.0 Å². The molecule has 5 rings (SSSR count). The van der Waals surface area contributed by atoms with Gasteiger partial charge in [-0.15, -0.1) is 5.10 Å². The van der Waals surface area contributed by atoms with Gasteiger partial charge in [-0.1, -0.05) is 0 Å². The lowest BCUT2D eigenvalue weighted by Crippen LogP contribution is -2.25. The van der Waals surface area contributed by atoms with Gasteiger partial charge in [0.1, 0.15) is 17.5 Å². The van der Waals surface area contributed by atoms with E-state index in [4.69, 9.17) is 9.47 Å².